The van der Waals surface area contributed by atoms with Gasteiger partial charge in [0.25, 0.3) is 0 Å². The summed E-state index contributed by atoms with van der Waals surface area (Å²) in [6.07, 6.45) is 5.04. The highest BCUT2D eigenvalue weighted by Gasteiger charge is 2.45. The van der Waals surface area contributed by atoms with Crippen molar-refractivity contribution in [3.05, 3.63) is 12.2 Å². The summed E-state index contributed by atoms with van der Waals surface area (Å²) in [4.78, 5) is 10.6. The highest BCUT2D eigenvalue weighted by molar-refractivity contribution is 5.70. The molecular formula is C8H11NO2. The number of rotatable bonds is 1. The molecule has 0 radical (unpaired) electrons. The topological polar surface area (TPSA) is 67.8 Å². The van der Waals surface area contributed by atoms with Crippen LogP contribution in [-0.2, 0) is 4.79 Å². The van der Waals surface area contributed by atoms with Gasteiger partial charge in [0.05, 0.1) is 17.9 Å². The molecule has 2 bridgehead atoms. The van der Waals surface area contributed by atoms with Crippen LogP contribution >= 0.6 is 0 Å². The molecule has 0 aromatic rings. The summed E-state index contributed by atoms with van der Waals surface area (Å²) in [7, 11) is 0. The molecule has 4 atom stereocenters. The summed E-state index contributed by atoms with van der Waals surface area (Å²) in [6.45, 7) is 0. The molecule has 0 unspecified atom stereocenters. The molecule has 0 amide bonds. The van der Waals surface area contributed by atoms with Gasteiger partial charge in [-0.3, -0.25) is 0 Å². The molecule has 60 valence electrons. The van der Waals surface area contributed by atoms with E-state index in [1.54, 1.807) is 0 Å². The number of carboxylic acid groups (broad SMARTS) is 1. The quantitative estimate of drug-likeness (QED) is 0.450. The molecule has 0 aromatic carbocycles. The lowest BCUT2D eigenvalue weighted by Gasteiger charge is -2.22. The molecule has 2 aliphatic carbocycles. The van der Waals surface area contributed by atoms with E-state index >= 15 is 0 Å². The van der Waals surface area contributed by atoms with Crippen molar-refractivity contribution in [3.63, 3.8) is 0 Å². The molecule has 2 rings (SSSR count). The van der Waals surface area contributed by atoms with Gasteiger partial charge in [0.2, 0.25) is 0 Å². The highest BCUT2D eigenvalue weighted by Crippen LogP contribution is 2.41. The number of allylic oxidation sites excluding steroid dienone is 1. The van der Waals surface area contributed by atoms with Crippen LogP contribution in [0.4, 0.5) is 0 Å². The molecule has 3 nitrogen and oxygen atoms in total. The van der Waals surface area contributed by atoms with Crippen molar-refractivity contribution in [1.29, 1.82) is 0 Å². The van der Waals surface area contributed by atoms with Gasteiger partial charge < -0.3 is 15.6 Å². The van der Waals surface area contributed by atoms with E-state index in [2.05, 4.69) is 11.8 Å². The predicted molar refractivity (Wildman–Crippen MR) is 35.9 cm³/mol. The van der Waals surface area contributed by atoms with Crippen molar-refractivity contribution in [2.75, 3.05) is 0 Å². The van der Waals surface area contributed by atoms with Crippen molar-refractivity contribution in [2.24, 2.45) is 17.8 Å². The first-order valence-corrected chi connectivity index (χ1v) is 3.92. The Labute approximate surface area is 64.9 Å². The van der Waals surface area contributed by atoms with E-state index < -0.39 is 5.97 Å². The standard InChI is InChI=1S/C8H11NO2/c9-7-5-2-1-4(3-5)6(7)8(10)11/h1-2,4-7H,3,9H2,(H,10,11)/t4-,5-,6-,7+/m1/s1. The molecule has 0 aliphatic heterocycles. The molecule has 0 spiro atoms. The van der Waals surface area contributed by atoms with Gasteiger partial charge in [-0.05, 0) is 12.3 Å². The molecule has 3 N–H and O–H groups in total. The Kier molecular flexibility index (Phi) is 1.29. The molecule has 1 saturated carbocycles. The minimum atomic E-state index is -0.929. The molecule has 3 heteroatoms. The molecule has 0 aromatic heterocycles. The van der Waals surface area contributed by atoms with Gasteiger partial charge in [0.1, 0.15) is 0 Å². The largest absolute Gasteiger partial charge is 0.550 e. The first-order chi connectivity index (χ1) is 5.20. The predicted octanol–water partition coefficient (Wildman–Crippen LogP) is -1.83. The molecule has 1 fully saturated rings. The number of quaternary nitrogens is 1. The number of carbonyl (C=O) groups is 1. The van der Waals surface area contributed by atoms with Crippen molar-refractivity contribution < 1.29 is 15.6 Å². The fourth-order valence-corrected chi connectivity index (χ4v) is 2.27. The zero-order valence-electron chi connectivity index (χ0n) is 6.19. The zero-order valence-corrected chi connectivity index (χ0v) is 6.19. The second-order valence-electron chi connectivity index (χ2n) is 3.46. The van der Waals surface area contributed by atoms with Gasteiger partial charge in [-0.25, -0.2) is 0 Å². The lowest BCUT2D eigenvalue weighted by Crippen LogP contribution is -2.68. The third kappa shape index (κ3) is 0.807. The zero-order chi connectivity index (χ0) is 8.01. The average Bonchev–Trinajstić information content (AvgIpc) is 2.44. The van der Waals surface area contributed by atoms with E-state index in [1.807, 2.05) is 6.08 Å². The second kappa shape index (κ2) is 2.08. The van der Waals surface area contributed by atoms with E-state index in [0.717, 1.165) is 6.42 Å². The normalized spacial score (nSPS) is 46.6. The van der Waals surface area contributed by atoms with Gasteiger partial charge in [-0.15, -0.1) is 0 Å². The van der Waals surface area contributed by atoms with Gasteiger partial charge in [-0.1, -0.05) is 12.2 Å². The van der Waals surface area contributed by atoms with Crippen LogP contribution in [0.3, 0.4) is 0 Å². The molecule has 0 heterocycles. The van der Waals surface area contributed by atoms with E-state index in [9.17, 15) is 9.90 Å². The van der Waals surface area contributed by atoms with Crippen molar-refractivity contribution in [3.8, 4) is 0 Å². The Balaban J connectivity index is 2.25. The summed E-state index contributed by atoms with van der Waals surface area (Å²) in [5, 5.41) is 10.6. The highest BCUT2D eigenvalue weighted by atomic mass is 16.4. The fourth-order valence-electron chi connectivity index (χ4n) is 2.27. The van der Waals surface area contributed by atoms with Crippen LogP contribution in [0.5, 0.6) is 0 Å². The minimum absolute atomic E-state index is 0.0370. The Hall–Kier alpha value is -0.830. The monoisotopic (exact) mass is 153 g/mol. The van der Waals surface area contributed by atoms with Gasteiger partial charge in [0.15, 0.2) is 0 Å². The van der Waals surface area contributed by atoms with Crippen LogP contribution in [0.2, 0.25) is 0 Å². The fraction of sp³-hybridized carbons (Fsp3) is 0.625. The maximum atomic E-state index is 10.6. The van der Waals surface area contributed by atoms with E-state index in [4.69, 9.17) is 0 Å². The van der Waals surface area contributed by atoms with Crippen LogP contribution in [-0.4, -0.2) is 12.0 Å². The summed E-state index contributed by atoms with van der Waals surface area (Å²) in [5.41, 5.74) is 3.85. The molecular weight excluding hydrogens is 142 g/mol. The van der Waals surface area contributed by atoms with E-state index in [0.29, 0.717) is 5.92 Å². The van der Waals surface area contributed by atoms with Gasteiger partial charge in [0, 0.05) is 5.92 Å². The van der Waals surface area contributed by atoms with Crippen LogP contribution < -0.4 is 10.8 Å². The van der Waals surface area contributed by atoms with Crippen LogP contribution in [0.25, 0.3) is 0 Å². The average molecular weight is 153 g/mol. The van der Waals surface area contributed by atoms with Crippen LogP contribution in [0, 0.1) is 17.8 Å². The van der Waals surface area contributed by atoms with Crippen LogP contribution in [0.15, 0.2) is 12.2 Å². The molecule has 2 aliphatic rings. The summed E-state index contributed by atoms with van der Waals surface area (Å²) >= 11 is 0. The number of fused-ring (bicyclic) bond motifs is 2. The molecule has 11 heavy (non-hydrogen) atoms. The lowest BCUT2D eigenvalue weighted by atomic mass is 9.90. The third-order valence-electron chi connectivity index (χ3n) is 2.89. The van der Waals surface area contributed by atoms with Crippen LogP contribution in [0.1, 0.15) is 6.42 Å². The SMILES string of the molecule is [NH3+][C@@H]1[C@H](C(=O)[O-])[C@@H]2C=C[C@@H]1C2. The van der Waals surface area contributed by atoms with Crippen molar-refractivity contribution in [2.45, 2.75) is 12.5 Å². The number of hydrogen-bond donors (Lipinski definition) is 1. The Morgan fingerprint density at radius 2 is 2.09 bits per heavy atom. The van der Waals surface area contributed by atoms with Crippen molar-refractivity contribution in [1.82, 2.24) is 0 Å². The summed E-state index contributed by atoms with van der Waals surface area (Å²) < 4.78 is 0. The smallest absolute Gasteiger partial charge is 0.0994 e. The second-order valence-corrected chi connectivity index (χ2v) is 3.46. The third-order valence-corrected chi connectivity index (χ3v) is 2.89. The summed E-state index contributed by atoms with van der Waals surface area (Å²) in [5.74, 6) is -0.665. The maximum Gasteiger partial charge on any atom is 0.0994 e. The first kappa shape index (κ1) is 6.85. The van der Waals surface area contributed by atoms with Crippen molar-refractivity contribution >= 4 is 5.97 Å². The lowest BCUT2D eigenvalue weighted by molar-refractivity contribution is -0.440. The first-order valence-electron chi connectivity index (χ1n) is 3.92. The number of carbonyl (C=O) groups excluding carboxylic acids is 1. The maximum absolute atomic E-state index is 10.6. The Morgan fingerprint density at radius 3 is 2.45 bits per heavy atom. The summed E-state index contributed by atoms with van der Waals surface area (Å²) in [6, 6.07) is 0.0370. The number of aliphatic carboxylic acids is 1. The molecule has 0 saturated heterocycles. The number of hydrogen-bond acceptors (Lipinski definition) is 2. The van der Waals surface area contributed by atoms with Gasteiger partial charge >= 0.3 is 0 Å². The van der Waals surface area contributed by atoms with Gasteiger partial charge in [-0.2, -0.15) is 0 Å². The minimum Gasteiger partial charge on any atom is -0.550 e. The van der Waals surface area contributed by atoms with E-state index in [-0.39, 0.29) is 17.9 Å². The Morgan fingerprint density at radius 1 is 1.45 bits per heavy atom. The number of carboxylic acids is 1. The van der Waals surface area contributed by atoms with E-state index in [1.165, 1.54) is 0 Å². The Bertz CT molecular complexity index is 224.